The van der Waals surface area contributed by atoms with E-state index in [9.17, 15) is 35.5 Å². The average Bonchev–Trinajstić information content (AvgIpc) is 2.26. The quantitative estimate of drug-likeness (QED) is 0.420. The molecule has 9 heteroatoms. The van der Waals surface area contributed by atoms with Crippen LogP contribution < -0.4 is 0 Å². The number of ether oxygens (including phenoxy) is 1. The van der Waals surface area contributed by atoms with E-state index in [2.05, 4.69) is 11.3 Å². The maximum absolute atomic E-state index is 12.7. The van der Waals surface area contributed by atoms with Crippen LogP contribution in [-0.4, -0.2) is 37.0 Å². The second-order valence-electron chi connectivity index (χ2n) is 2.81. The third-order valence-electron chi connectivity index (χ3n) is 1.58. The van der Waals surface area contributed by atoms with Gasteiger partial charge in [0.25, 0.3) is 6.43 Å². The predicted molar refractivity (Wildman–Crippen MR) is 41.9 cm³/mol. The van der Waals surface area contributed by atoms with E-state index in [0.29, 0.717) is 0 Å². The molecule has 0 bridgehead atoms. The van der Waals surface area contributed by atoms with Gasteiger partial charge in [-0.2, -0.15) is 13.2 Å². The fourth-order valence-electron chi connectivity index (χ4n) is 0.694. The molecule has 0 aromatic carbocycles. The number of alkyl halides is 7. The molecule has 0 amide bonds. The normalized spacial score (nSPS) is 17.4. The third kappa shape index (κ3) is 3.90. The van der Waals surface area contributed by atoms with Gasteiger partial charge < -0.3 is 4.74 Å². The highest BCUT2D eigenvalue weighted by Gasteiger charge is 2.56. The van der Waals surface area contributed by atoms with Crippen molar-refractivity contribution in [1.82, 2.24) is 0 Å². The first-order valence-corrected chi connectivity index (χ1v) is 4.05. The molecule has 0 heterocycles. The number of carbonyl (C=O) groups excluding carboxylic acids is 1. The highest BCUT2D eigenvalue weighted by molar-refractivity contribution is 5.81. The van der Waals surface area contributed by atoms with Crippen molar-refractivity contribution < 1.29 is 40.3 Å². The molecule has 0 aromatic heterocycles. The molecule has 0 fully saturated rings. The summed E-state index contributed by atoms with van der Waals surface area (Å²) < 4.78 is 89.3. The second-order valence-corrected chi connectivity index (χ2v) is 2.81. The van der Waals surface area contributed by atoms with Gasteiger partial charge >= 0.3 is 18.2 Å². The third-order valence-corrected chi connectivity index (χ3v) is 1.58. The highest BCUT2D eigenvalue weighted by Crippen LogP contribution is 2.33. The molecule has 0 aliphatic carbocycles. The Bertz CT molecular complexity index is 281. The van der Waals surface area contributed by atoms with E-state index in [1.807, 2.05) is 0 Å². The lowest BCUT2D eigenvalue weighted by Gasteiger charge is -2.25. The molecule has 0 saturated heterocycles. The molecular formula is C8H7F7O2. The molecule has 0 saturated carbocycles. The minimum absolute atomic E-state index is 0.288. The number of hydrogen-bond acceptors (Lipinski definition) is 2. The summed E-state index contributed by atoms with van der Waals surface area (Å²) in [5.41, 5.74) is 0. The lowest BCUT2D eigenvalue weighted by molar-refractivity contribution is -0.234. The Morgan fingerprint density at radius 2 is 1.65 bits per heavy atom. The van der Waals surface area contributed by atoms with Gasteiger partial charge in [0.1, 0.15) is 0 Å². The summed E-state index contributed by atoms with van der Waals surface area (Å²) >= 11 is 0. The molecule has 0 radical (unpaired) electrons. The first-order valence-electron chi connectivity index (χ1n) is 4.05. The van der Waals surface area contributed by atoms with Crippen molar-refractivity contribution in [1.29, 1.82) is 0 Å². The summed E-state index contributed by atoms with van der Waals surface area (Å²) in [6.07, 6.45) is -15.7. The van der Waals surface area contributed by atoms with E-state index in [4.69, 9.17) is 0 Å². The SMILES string of the molecule is C=CC(=O)OC(F)C(F)(F)C(F)C(F)C(F)F. The molecule has 0 N–H and O–H groups in total. The first-order chi connectivity index (χ1) is 7.64. The Morgan fingerprint density at radius 1 is 1.18 bits per heavy atom. The minimum atomic E-state index is -5.23. The maximum atomic E-state index is 12.7. The Balaban J connectivity index is 4.74. The van der Waals surface area contributed by atoms with Crippen LogP contribution in [0.4, 0.5) is 30.7 Å². The Labute approximate surface area is 91.0 Å². The van der Waals surface area contributed by atoms with Gasteiger partial charge in [-0.25, -0.2) is 22.4 Å². The van der Waals surface area contributed by atoms with E-state index in [1.54, 1.807) is 0 Å². The van der Waals surface area contributed by atoms with Gasteiger partial charge in [0.05, 0.1) is 0 Å². The van der Waals surface area contributed by atoms with Crippen molar-refractivity contribution in [2.24, 2.45) is 0 Å². The zero-order valence-electron chi connectivity index (χ0n) is 8.06. The lowest BCUT2D eigenvalue weighted by atomic mass is 10.1. The second kappa shape index (κ2) is 5.87. The van der Waals surface area contributed by atoms with Crippen LogP contribution in [0, 0.1) is 0 Å². The van der Waals surface area contributed by atoms with Crippen LogP contribution >= 0.6 is 0 Å². The van der Waals surface area contributed by atoms with Crippen LogP contribution in [0.15, 0.2) is 12.7 Å². The Kier molecular flexibility index (Phi) is 5.43. The molecule has 0 aliphatic heterocycles. The standard InChI is InChI=1S/C8H7F7O2/c1-2-3(16)17-7(13)8(14,15)5(10)4(9)6(11)12/h2,4-7H,1H2. The van der Waals surface area contributed by atoms with Crippen molar-refractivity contribution in [2.75, 3.05) is 0 Å². The van der Waals surface area contributed by atoms with Crippen molar-refractivity contribution >= 4 is 5.97 Å². The summed E-state index contributed by atoms with van der Waals surface area (Å²) in [6.45, 7) is 2.73. The summed E-state index contributed by atoms with van der Waals surface area (Å²) in [6, 6.07) is 0. The molecule has 17 heavy (non-hydrogen) atoms. The summed E-state index contributed by atoms with van der Waals surface area (Å²) in [5, 5.41) is 0. The Morgan fingerprint density at radius 3 is 2.00 bits per heavy atom. The topological polar surface area (TPSA) is 26.3 Å². The van der Waals surface area contributed by atoms with E-state index >= 15 is 0 Å². The van der Waals surface area contributed by atoms with Crippen LogP contribution in [-0.2, 0) is 9.53 Å². The van der Waals surface area contributed by atoms with Gasteiger partial charge in [-0.3, -0.25) is 0 Å². The zero-order valence-corrected chi connectivity index (χ0v) is 8.06. The molecule has 0 rings (SSSR count). The summed E-state index contributed by atoms with van der Waals surface area (Å²) in [7, 11) is 0. The van der Waals surface area contributed by atoms with E-state index < -0.39 is 37.0 Å². The molecule has 0 aromatic rings. The Hall–Kier alpha value is -1.28. The van der Waals surface area contributed by atoms with E-state index in [1.165, 1.54) is 0 Å². The first kappa shape index (κ1) is 15.7. The van der Waals surface area contributed by atoms with Gasteiger partial charge in [0, 0.05) is 6.08 Å². The molecule has 3 atom stereocenters. The monoisotopic (exact) mass is 268 g/mol. The molecule has 2 nitrogen and oxygen atoms in total. The number of halogens is 7. The van der Waals surface area contributed by atoms with Crippen LogP contribution in [0.25, 0.3) is 0 Å². The van der Waals surface area contributed by atoms with Gasteiger partial charge in [0.2, 0.25) is 6.17 Å². The van der Waals surface area contributed by atoms with Crippen LogP contribution in [0.1, 0.15) is 0 Å². The number of carbonyl (C=O) groups is 1. The largest absolute Gasteiger partial charge is 0.421 e. The van der Waals surface area contributed by atoms with Crippen molar-refractivity contribution in [3.8, 4) is 0 Å². The van der Waals surface area contributed by atoms with Gasteiger partial charge in [-0.15, -0.1) is 0 Å². The van der Waals surface area contributed by atoms with Gasteiger partial charge in [-0.05, 0) is 0 Å². The van der Waals surface area contributed by atoms with Gasteiger partial charge in [0.15, 0.2) is 6.17 Å². The maximum Gasteiger partial charge on any atom is 0.347 e. The van der Waals surface area contributed by atoms with Crippen LogP contribution in [0.5, 0.6) is 0 Å². The van der Waals surface area contributed by atoms with E-state index in [-0.39, 0.29) is 6.08 Å². The summed E-state index contributed by atoms with van der Waals surface area (Å²) in [5.74, 6) is -6.90. The predicted octanol–water partition coefficient (Wildman–Crippen LogP) is 2.59. The smallest absolute Gasteiger partial charge is 0.347 e. The molecular weight excluding hydrogens is 261 g/mol. The van der Waals surface area contributed by atoms with Crippen molar-refractivity contribution in [3.05, 3.63) is 12.7 Å². The number of esters is 1. The lowest BCUT2D eigenvalue weighted by Crippen LogP contribution is -2.48. The average molecular weight is 268 g/mol. The number of hydrogen-bond donors (Lipinski definition) is 0. The highest BCUT2D eigenvalue weighted by atomic mass is 19.3. The van der Waals surface area contributed by atoms with Crippen molar-refractivity contribution in [3.63, 3.8) is 0 Å². The fourth-order valence-corrected chi connectivity index (χ4v) is 0.694. The molecule has 100 valence electrons. The fraction of sp³-hybridized carbons (Fsp3) is 0.625. The van der Waals surface area contributed by atoms with Crippen LogP contribution in [0.3, 0.4) is 0 Å². The van der Waals surface area contributed by atoms with Crippen molar-refractivity contribution in [2.45, 2.75) is 31.0 Å². The molecule has 0 spiro atoms. The van der Waals surface area contributed by atoms with Crippen LogP contribution in [0.2, 0.25) is 0 Å². The number of rotatable bonds is 6. The minimum Gasteiger partial charge on any atom is -0.421 e. The summed E-state index contributed by atoms with van der Waals surface area (Å²) in [4.78, 5) is 10.3. The zero-order chi connectivity index (χ0) is 13.8. The molecule has 0 aliphatic rings. The van der Waals surface area contributed by atoms with Gasteiger partial charge in [-0.1, -0.05) is 6.58 Å². The van der Waals surface area contributed by atoms with E-state index in [0.717, 1.165) is 0 Å². The molecule has 3 unspecified atom stereocenters.